The van der Waals surface area contributed by atoms with Crippen LogP contribution in [0.3, 0.4) is 0 Å². The van der Waals surface area contributed by atoms with Crippen LogP contribution in [0.2, 0.25) is 5.02 Å². The van der Waals surface area contributed by atoms with Gasteiger partial charge >= 0.3 is 0 Å². The van der Waals surface area contributed by atoms with Crippen LogP contribution < -0.4 is 5.32 Å². The Labute approximate surface area is 137 Å². The second kappa shape index (κ2) is 7.09. The molecule has 0 bridgehead atoms. The summed E-state index contributed by atoms with van der Waals surface area (Å²) < 4.78 is 2.74. The van der Waals surface area contributed by atoms with E-state index in [4.69, 9.17) is 11.6 Å². The highest BCUT2D eigenvalue weighted by Gasteiger charge is 2.07. The molecule has 1 amide bonds. The van der Waals surface area contributed by atoms with Crippen molar-refractivity contribution in [1.29, 1.82) is 0 Å². The van der Waals surface area contributed by atoms with Crippen LogP contribution in [0.5, 0.6) is 0 Å². The molecule has 2 aromatic rings. The minimum atomic E-state index is -0.113. The van der Waals surface area contributed by atoms with Gasteiger partial charge in [0.25, 0.3) is 5.91 Å². The van der Waals surface area contributed by atoms with Gasteiger partial charge in [-0.25, -0.2) is 0 Å². The summed E-state index contributed by atoms with van der Waals surface area (Å²) >= 11 is 9.28. The van der Waals surface area contributed by atoms with Crippen LogP contribution in [-0.4, -0.2) is 22.2 Å². The van der Waals surface area contributed by atoms with Crippen LogP contribution in [0.25, 0.3) is 0 Å². The molecule has 0 spiro atoms. The summed E-state index contributed by atoms with van der Waals surface area (Å²) in [5.41, 5.74) is 2.72. The molecular weight excluding hydrogens is 354 g/mol. The van der Waals surface area contributed by atoms with Gasteiger partial charge in [0.15, 0.2) is 0 Å². The molecule has 21 heavy (non-hydrogen) atoms. The van der Waals surface area contributed by atoms with Crippen molar-refractivity contribution in [1.82, 2.24) is 15.1 Å². The summed E-state index contributed by atoms with van der Waals surface area (Å²) in [4.78, 5) is 12.0. The monoisotopic (exact) mass is 369 g/mol. The maximum atomic E-state index is 12.0. The molecule has 0 radical (unpaired) electrons. The average molecular weight is 371 g/mol. The maximum Gasteiger partial charge on any atom is 0.251 e. The number of aryl methyl sites for hydroxylation is 3. The average Bonchev–Trinajstić information content (AvgIpc) is 2.76. The summed E-state index contributed by atoms with van der Waals surface area (Å²) in [5.74, 6) is -0.113. The van der Waals surface area contributed by atoms with E-state index >= 15 is 0 Å². The number of amides is 1. The third kappa shape index (κ3) is 4.32. The highest BCUT2D eigenvalue weighted by atomic mass is 79.9. The number of carbonyl (C=O) groups is 1. The first kappa shape index (κ1) is 16.0. The van der Waals surface area contributed by atoms with Crippen LogP contribution in [0.1, 0.15) is 28.2 Å². The van der Waals surface area contributed by atoms with Gasteiger partial charge in [0.1, 0.15) is 0 Å². The van der Waals surface area contributed by atoms with Crippen molar-refractivity contribution in [2.24, 2.45) is 0 Å². The Morgan fingerprint density at radius 2 is 2.14 bits per heavy atom. The van der Waals surface area contributed by atoms with E-state index in [1.165, 1.54) is 0 Å². The van der Waals surface area contributed by atoms with Crippen molar-refractivity contribution in [3.05, 3.63) is 50.7 Å². The van der Waals surface area contributed by atoms with Gasteiger partial charge in [0, 0.05) is 28.8 Å². The summed E-state index contributed by atoms with van der Waals surface area (Å²) in [6.45, 7) is 5.40. The summed E-state index contributed by atoms with van der Waals surface area (Å²) in [6.07, 6.45) is 0.831. The van der Waals surface area contributed by atoms with Gasteiger partial charge < -0.3 is 5.32 Å². The van der Waals surface area contributed by atoms with Crippen molar-refractivity contribution < 1.29 is 4.79 Å². The molecule has 112 valence electrons. The minimum absolute atomic E-state index is 0.113. The lowest BCUT2D eigenvalue weighted by Gasteiger charge is -2.07. The van der Waals surface area contributed by atoms with Gasteiger partial charge in [-0.1, -0.05) is 11.6 Å². The fourth-order valence-corrected chi connectivity index (χ4v) is 2.50. The zero-order valence-electron chi connectivity index (χ0n) is 12.0. The van der Waals surface area contributed by atoms with E-state index in [0.717, 1.165) is 28.8 Å². The molecule has 4 nitrogen and oxygen atoms in total. The molecule has 0 atom stereocenters. The third-order valence-electron chi connectivity index (χ3n) is 3.12. The highest BCUT2D eigenvalue weighted by molar-refractivity contribution is 9.10. The number of nitrogens with zero attached hydrogens (tertiary/aromatic N) is 2. The van der Waals surface area contributed by atoms with Crippen LogP contribution in [0, 0.1) is 13.8 Å². The molecule has 1 aromatic carbocycles. The molecular formula is C15H17BrClN3O. The minimum Gasteiger partial charge on any atom is -0.352 e. The molecule has 0 saturated heterocycles. The quantitative estimate of drug-likeness (QED) is 0.815. The summed E-state index contributed by atoms with van der Waals surface area (Å²) in [5, 5.41) is 7.81. The Balaban J connectivity index is 1.81. The first-order valence-electron chi connectivity index (χ1n) is 6.71. The lowest BCUT2D eigenvalue weighted by atomic mass is 10.2. The number of nitrogens with one attached hydrogen (secondary N) is 1. The Kier molecular flexibility index (Phi) is 5.42. The highest BCUT2D eigenvalue weighted by Crippen LogP contribution is 2.23. The predicted octanol–water partition coefficient (Wildman–Crippen LogP) is 3.74. The van der Waals surface area contributed by atoms with E-state index in [9.17, 15) is 4.79 Å². The maximum absolute atomic E-state index is 12.0. The van der Waals surface area contributed by atoms with Crippen molar-refractivity contribution in [3.63, 3.8) is 0 Å². The summed E-state index contributed by atoms with van der Waals surface area (Å²) in [7, 11) is 0. The molecule has 1 aromatic heterocycles. The van der Waals surface area contributed by atoms with Crippen molar-refractivity contribution in [2.75, 3.05) is 6.54 Å². The van der Waals surface area contributed by atoms with Crippen LogP contribution in [-0.2, 0) is 6.54 Å². The lowest BCUT2D eigenvalue weighted by Crippen LogP contribution is -2.25. The molecule has 1 N–H and O–H groups in total. The number of rotatable bonds is 5. The Morgan fingerprint density at radius 3 is 2.76 bits per heavy atom. The van der Waals surface area contributed by atoms with Gasteiger partial charge in [-0.2, -0.15) is 5.10 Å². The first-order chi connectivity index (χ1) is 9.97. The first-order valence-corrected chi connectivity index (χ1v) is 7.89. The van der Waals surface area contributed by atoms with E-state index in [1.807, 2.05) is 24.6 Å². The molecule has 0 aliphatic heterocycles. The Bertz CT molecular complexity index is 654. The Morgan fingerprint density at radius 1 is 1.38 bits per heavy atom. The van der Waals surface area contributed by atoms with E-state index in [1.54, 1.807) is 18.2 Å². The lowest BCUT2D eigenvalue weighted by molar-refractivity contribution is 0.0952. The van der Waals surface area contributed by atoms with Gasteiger partial charge in [-0.05, 0) is 60.5 Å². The van der Waals surface area contributed by atoms with Gasteiger partial charge in [0.05, 0.1) is 10.7 Å². The van der Waals surface area contributed by atoms with Gasteiger partial charge in [-0.3, -0.25) is 9.48 Å². The number of aromatic nitrogens is 2. The fourth-order valence-electron chi connectivity index (χ4n) is 2.07. The number of benzene rings is 1. The van der Waals surface area contributed by atoms with E-state index in [0.29, 0.717) is 17.1 Å². The number of hydrogen-bond donors (Lipinski definition) is 1. The number of hydrogen-bond acceptors (Lipinski definition) is 2. The molecule has 0 unspecified atom stereocenters. The topological polar surface area (TPSA) is 46.9 Å². The molecule has 1 heterocycles. The smallest absolute Gasteiger partial charge is 0.251 e. The molecule has 6 heteroatoms. The fraction of sp³-hybridized carbons (Fsp3) is 0.333. The van der Waals surface area contributed by atoms with Crippen LogP contribution in [0.15, 0.2) is 28.7 Å². The van der Waals surface area contributed by atoms with Crippen molar-refractivity contribution >= 4 is 33.4 Å². The van der Waals surface area contributed by atoms with E-state index < -0.39 is 0 Å². The second-order valence-electron chi connectivity index (χ2n) is 4.89. The molecule has 0 saturated carbocycles. The molecule has 0 aliphatic rings. The Hall–Kier alpha value is -1.33. The zero-order chi connectivity index (χ0) is 15.4. The van der Waals surface area contributed by atoms with Crippen molar-refractivity contribution in [2.45, 2.75) is 26.8 Å². The number of carbonyl (C=O) groups excluding carboxylic acids is 1. The SMILES string of the molecule is Cc1cc(C)n(CCCNC(=O)c2ccc(Br)c(Cl)c2)n1. The van der Waals surface area contributed by atoms with E-state index in [2.05, 4.69) is 26.3 Å². The van der Waals surface area contributed by atoms with Gasteiger partial charge in [-0.15, -0.1) is 0 Å². The third-order valence-corrected chi connectivity index (χ3v) is 4.35. The largest absolute Gasteiger partial charge is 0.352 e. The molecule has 2 rings (SSSR count). The molecule has 0 aliphatic carbocycles. The zero-order valence-corrected chi connectivity index (χ0v) is 14.3. The molecule has 0 fully saturated rings. The van der Waals surface area contributed by atoms with E-state index in [-0.39, 0.29) is 5.91 Å². The summed E-state index contributed by atoms with van der Waals surface area (Å²) in [6, 6.07) is 7.21. The normalized spacial score (nSPS) is 10.7. The van der Waals surface area contributed by atoms with Crippen LogP contribution in [0.4, 0.5) is 0 Å². The second-order valence-corrected chi connectivity index (χ2v) is 6.15. The standard InChI is InChI=1S/C15H17BrClN3O/c1-10-8-11(2)20(19-10)7-3-6-18-15(21)12-4-5-13(16)14(17)9-12/h4-5,8-9H,3,6-7H2,1-2H3,(H,18,21). The predicted molar refractivity (Wildman–Crippen MR) is 87.8 cm³/mol. The number of halogens is 2. The van der Waals surface area contributed by atoms with Crippen molar-refractivity contribution in [3.8, 4) is 0 Å². The van der Waals surface area contributed by atoms with Gasteiger partial charge in [0.2, 0.25) is 0 Å². The van der Waals surface area contributed by atoms with Crippen LogP contribution >= 0.6 is 27.5 Å².